The molecule has 0 unspecified atom stereocenters. The van der Waals surface area contributed by atoms with E-state index >= 15 is 0 Å². The smallest absolute Gasteiger partial charge is 0.263 e. The summed E-state index contributed by atoms with van der Waals surface area (Å²) in [4.78, 5) is 12.8. The highest BCUT2D eigenvalue weighted by Crippen LogP contribution is 2.39. The number of anilines is 1. The van der Waals surface area contributed by atoms with E-state index < -0.39 is 0 Å². The van der Waals surface area contributed by atoms with Gasteiger partial charge < -0.3 is 24.7 Å². The van der Waals surface area contributed by atoms with Gasteiger partial charge in [-0.1, -0.05) is 12.1 Å². The highest BCUT2D eigenvalue weighted by atomic mass is 16.5. The molecule has 8 nitrogen and oxygen atoms in total. The number of para-hydroxylation sites is 2. The van der Waals surface area contributed by atoms with Crippen molar-refractivity contribution < 1.29 is 18.9 Å². The zero-order chi connectivity index (χ0) is 18.5. The van der Waals surface area contributed by atoms with Gasteiger partial charge in [-0.2, -0.15) is 4.98 Å². The summed E-state index contributed by atoms with van der Waals surface area (Å²) in [5.41, 5.74) is 6.79. The Hall–Kier alpha value is -3.55. The Morgan fingerprint density at radius 3 is 2.35 bits per heavy atom. The third-order valence-corrected chi connectivity index (χ3v) is 3.54. The van der Waals surface area contributed by atoms with Crippen molar-refractivity contribution in [3.05, 3.63) is 42.6 Å². The third-order valence-electron chi connectivity index (χ3n) is 3.54. The molecule has 26 heavy (non-hydrogen) atoms. The van der Waals surface area contributed by atoms with E-state index in [0.29, 0.717) is 28.8 Å². The number of hydrogen-bond donors (Lipinski definition) is 1. The molecule has 0 bridgehead atoms. The summed E-state index contributed by atoms with van der Waals surface area (Å²) in [5, 5.41) is 0. The average Bonchev–Trinajstić information content (AvgIpc) is 2.69. The topological polar surface area (TPSA) is 102 Å². The van der Waals surface area contributed by atoms with E-state index in [9.17, 15) is 0 Å². The lowest BCUT2D eigenvalue weighted by Gasteiger charge is -2.14. The quantitative estimate of drug-likeness (QED) is 0.721. The van der Waals surface area contributed by atoms with E-state index in [0.717, 1.165) is 0 Å². The highest BCUT2D eigenvalue weighted by molar-refractivity contribution is 5.64. The van der Waals surface area contributed by atoms with Crippen molar-refractivity contribution >= 4 is 5.82 Å². The van der Waals surface area contributed by atoms with Crippen LogP contribution in [0.4, 0.5) is 5.82 Å². The third kappa shape index (κ3) is 3.44. The number of ether oxygens (including phenoxy) is 4. The first-order valence-corrected chi connectivity index (χ1v) is 7.69. The molecule has 0 spiro atoms. The second-order valence-electron chi connectivity index (χ2n) is 5.11. The van der Waals surface area contributed by atoms with Crippen LogP contribution in [-0.4, -0.2) is 36.3 Å². The lowest BCUT2D eigenvalue weighted by Crippen LogP contribution is -2.04. The van der Waals surface area contributed by atoms with Gasteiger partial charge in [-0.15, -0.1) is 0 Å². The molecule has 0 atom stereocenters. The van der Waals surface area contributed by atoms with Gasteiger partial charge in [0, 0.05) is 17.8 Å². The molecule has 0 saturated heterocycles. The summed E-state index contributed by atoms with van der Waals surface area (Å²) in [6.07, 6.45) is 1.60. The summed E-state index contributed by atoms with van der Waals surface area (Å²) < 4.78 is 21.6. The fourth-order valence-electron chi connectivity index (χ4n) is 2.28. The summed E-state index contributed by atoms with van der Waals surface area (Å²) in [7, 11) is 4.57. The normalized spacial score (nSPS) is 10.3. The van der Waals surface area contributed by atoms with Crippen molar-refractivity contribution in [3.8, 4) is 40.4 Å². The molecule has 3 rings (SSSR count). The molecule has 134 valence electrons. The molecular weight excluding hydrogens is 336 g/mol. The average molecular weight is 354 g/mol. The lowest BCUT2D eigenvalue weighted by molar-refractivity contribution is 0.348. The van der Waals surface area contributed by atoms with Crippen LogP contribution in [0.5, 0.6) is 29.0 Å². The molecule has 0 amide bonds. The summed E-state index contributed by atoms with van der Waals surface area (Å²) >= 11 is 0. The molecule has 2 aromatic heterocycles. The van der Waals surface area contributed by atoms with Gasteiger partial charge >= 0.3 is 0 Å². The van der Waals surface area contributed by atoms with Gasteiger partial charge in [0.05, 0.1) is 21.3 Å². The van der Waals surface area contributed by atoms with Crippen LogP contribution in [0.2, 0.25) is 0 Å². The molecule has 0 aliphatic heterocycles. The van der Waals surface area contributed by atoms with Crippen LogP contribution in [0.1, 0.15) is 0 Å². The summed E-state index contributed by atoms with van der Waals surface area (Å²) in [6.45, 7) is 0. The van der Waals surface area contributed by atoms with E-state index in [1.807, 2.05) is 12.1 Å². The lowest BCUT2D eigenvalue weighted by atomic mass is 10.2. The number of nitrogen functional groups attached to an aromatic ring is 1. The summed E-state index contributed by atoms with van der Waals surface area (Å²) in [5.74, 6) is 2.38. The van der Waals surface area contributed by atoms with Crippen molar-refractivity contribution in [1.29, 1.82) is 0 Å². The maximum Gasteiger partial charge on any atom is 0.263 e. The number of benzene rings is 1. The Morgan fingerprint density at radius 1 is 0.885 bits per heavy atom. The van der Waals surface area contributed by atoms with Crippen LogP contribution in [0.15, 0.2) is 42.6 Å². The standard InChI is InChI=1S/C18H18N4O4/c1-23-12-6-4-5-7-13(12)26-15-16(19)21-17(22-18(15)25-3)11-8-9-20-14(10-11)24-2/h4-10H,1-3H3,(H2,19,21,22). The molecule has 0 saturated carbocycles. The first-order chi connectivity index (χ1) is 12.7. The number of methoxy groups -OCH3 is 3. The van der Waals surface area contributed by atoms with Gasteiger partial charge in [0.1, 0.15) is 0 Å². The fraction of sp³-hybridized carbons (Fsp3) is 0.167. The Morgan fingerprint density at radius 2 is 1.65 bits per heavy atom. The van der Waals surface area contributed by atoms with Crippen LogP contribution in [-0.2, 0) is 0 Å². The molecule has 2 heterocycles. The molecular formula is C18H18N4O4. The van der Waals surface area contributed by atoms with E-state index in [1.54, 1.807) is 37.6 Å². The Kier molecular flexibility index (Phi) is 5.02. The van der Waals surface area contributed by atoms with E-state index in [1.165, 1.54) is 14.2 Å². The maximum absolute atomic E-state index is 6.10. The fourth-order valence-corrected chi connectivity index (χ4v) is 2.28. The first kappa shape index (κ1) is 17.3. The van der Waals surface area contributed by atoms with Crippen LogP contribution in [0, 0.1) is 0 Å². The number of nitrogens with two attached hydrogens (primary N) is 1. The second-order valence-corrected chi connectivity index (χ2v) is 5.11. The molecule has 0 fully saturated rings. The number of rotatable bonds is 6. The predicted octanol–water partition coefficient (Wildman–Crippen LogP) is 2.94. The van der Waals surface area contributed by atoms with Crippen molar-refractivity contribution in [2.75, 3.05) is 27.1 Å². The van der Waals surface area contributed by atoms with Gasteiger partial charge in [0.25, 0.3) is 5.88 Å². The predicted molar refractivity (Wildman–Crippen MR) is 95.8 cm³/mol. The molecule has 3 aromatic rings. The van der Waals surface area contributed by atoms with Crippen LogP contribution < -0.4 is 24.7 Å². The number of hydrogen-bond acceptors (Lipinski definition) is 8. The SMILES string of the molecule is COc1cc(-c2nc(N)c(Oc3ccccc3OC)c(OC)n2)ccn1. The van der Waals surface area contributed by atoms with E-state index in [2.05, 4.69) is 15.0 Å². The minimum absolute atomic E-state index is 0.133. The van der Waals surface area contributed by atoms with Gasteiger partial charge in [-0.05, 0) is 18.2 Å². The van der Waals surface area contributed by atoms with Crippen molar-refractivity contribution in [2.45, 2.75) is 0 Å². The number of nitrogens with zero attached hydrogens (tertiary/aromatic N) is 3. The maximum atomic E-state index is 6.10. The highest BCUT2D eigenvalue weighted by Gasteiger charge is 2.18. The van der Waals surface area contributed by atoms with E-state index in [-0.39, 0.29) is 17.4 Å². The molecule has 0 aliphatic rings. The van der Waals surface area contributed by atoms with Crippen molar-refractivity contribution in [3.63, 3.8) is 0 Å². The Labute approximate surface area is 150 Å². The molecule has 0 radical (unpaired) electrons. The van der Waals surface area contributed by atoms with Crippen LogP contribution >= 0.6 is 0 Å². The molecule has 8 heteroatoms. The summed E-state index contributed by atoms with van der Waals surface area (Å²) in [6, 6.07) is 10.6. The molecule has 0 aliphatic carbocycles. The van der Waals surface area contributed by atoms with Crippen molar-refractivity contribution in [2.24, 2.45) is 0 Å². The van der Waals surface area contributed by atoms with Gasteiger partial charge in [-0.3, -0.25) is 0 Å². The first-order valence-electron chi connectivity index (χ1n) is 7.69. The minimum Gasteiger partial charge on any atom is -0.493 e. The Bertz CT molecular complexity index is 917. The monoisotopic (exact) mass is 354 g/mol. The van der Waals surface area contributed by atoms with Gasteiger partial charge in [0.2, 0.25) is 11.6 Å². The van der Waals surface area contributed by atoms with Crippen molar-refractivity contribution in [1.82, 2.24) is 15.0 Å². The van der Waals surface area contributed by atoms with Crippen LogP contribution in [0.3, 0.4) is 0 Å². The number of pyridine rings is 1. The Balaban J connectivity index is 2.02. The van der Waals surface area contributed by atoms with E-state index in [4.69, 9.17) is 24.7 Å². The van der Waals surface area contributed by atoms with Crippen LogP contribution in [0.25, 0.3) is 11.4 Å². The number of aromatic nitrogens is 3. The zero-order valence-corrected chi connectivity index (χ0v) is 14.6. The van der Waals surface area contributed by atoms with Gasteiger partial charge in [0.15, 0.2) is 23.1 Å². The van der Waals surface area contributed by atoms with Gasteiger partial charge in [-0.25, -0.2) is 9.97 Å². The zero-order valence-electron chi connectivity index (χ0n) is 14.6. The minimum atomic E-state index is 0.133. The second kappa shape index (κ2) is 7.56. The largest absolute Gasteiger partial charge is 0.493 e. The molecule has 2 N–H and O–H groups in total. The molecule has 1 aromatic carbocycles.